The van der Waals surface area contributed by atoms with Crippen molar-refractivity contribution in [2.75, 3.05) is 27.2 Å². The Balaban J connectivity index is 3.28. The van der Waals surface area contributed by atoms with E-state index in [2.05, 4.69) is 27.9 Å². The zero-order valence-electron chi connectivity index (χ0n) is 23.7. The standard InChI is InChI=1S/C30H64N2O/c1-5-7-9-11-13-15-17-19-21-23-25-27-29-31(3)33-32(4)30-28-26-24-22-20-18-16-14-12-10-8-6-2/h5-30H2,1-4H3. The summed E-state index contributed by atoms with van der Waals surface area (Å²) in [5.41, 5.74) is 0. The third-order valence-corrected chi connectivity index (χ3v) is 6.93. The van der Waals surface area contributed by atoms with Gasteiger partial charge in [-0.3, -0.25) is 0 Å². The van der Waals surface area contributed by atoms with Crippen LogP contribution in [-0.4, -0.2) is 37.3 Å². The predicted octanol–water partition coefficient (Wildman–Crippen LogP) is 10.1. The van der Waals surface area contributed by atoms with E-state index in [4.69, 9.17) is 4.94 Å². The maximum Gasteiger partial charge on any atom is 0.0256 e. The van der Waals surface area contributed by atoms with E-state index in [1.165, 1.54) is 154 Å². The van der Waals surface area contributed by atoms with Gasteiger partial charge in [-0.15, -0.1) is 0 Å². The topological polar surface area (TPSA) is 15.7 Å². The second kappa shape index (κ2) is 28.1. The van der Waals surface area contributed by atoms with Crippen LogP contribution in [0.3, 0.4) is 0 Å². The van der Waals surface area contributed by atoms with Crippen LogP contribution < -0.4 is 0 Å². The fourth-order valence-electron chi connectivity index (χ4n) is 4.67. The van der Waals surface area contributed by atoms with E-state index in [0.29, 0.717) is 0 Å². The Morgan fingerprint density at radius 1 is 0.333 bits per heavy atom. The second-order valence-electron chi connectivity index (χ2n) is 10.6. The molecule has 3 nitrogen and oxygen atoms in total. The normalized spacial score (nSPS) is 11.8. The summed E-state index contributed by atoms with van der Waals surface area (Å²) in [6.45, 7) is 6.67. The second-order valence-corrected chi connectivity index (χ2v) is 10.6. The molecule has 200 valence electrons. The van der Waals surface area contributed by atoms with Crippen molar-refractivity contribution in [1.29, 1.82) is 0 Å². The molecule has 0 atom stereocenters. The lowest BCUT2D eigenvalue weighted by molar-refractivity contribution is -0.304. The minimum atomic E-state index is 1.04. The first kappa shape index (κ1) is 32.9. The SMILES string of the molecule is CCCCCCCCCCCCCCN(C)ON(C)CCCCCCCCCCCCCC. The summed E-state index contributed by atoms with van der Waals surface area (Å²) in [6, 6.07) is 0. The van der Waals surface area contributed by atoms with E-state index < -0.39 is 0 Å². The number of nitrogens with zero attached hydrogens (tertiary/aromatic N) is 2. The number of hydrogen-bond donors (Lipinski definition) is 0. The lowest BCUT2D eigenvalue weighted by Gasteiger charge is -2.23. The first-order valence-corrected chi connectivity index (χ1v) is 15.3. The highest BCUT2D eigenvalue weighted by molar-refractivity contribution is 4.51. The van der Waals surface area contributed by atoms with E-state index in [1.807, 2.05) is 10.1 Å². The predicted molar refractivity (Wildman–Crippen MR) is 149 cm³/mol. The molecule has 0 unspecified atom stereocenters. The van der Waals surface area contributed by atoms with Gasteiger partial charge in [-0.05, 0) is 12.8 Å². The maximum atomic E-state index is 5.92. The third kappa shape index (κ3) is 28.0. The van der Waals surface area contributed by atoms with Crippen LogP contribution >= 0.6 is 0 Å². The summed E-state index contributed by atoms with van der Waals surface area (Å²) in [7, 11) is 4.16. The van der Waals surface area contributed by atoms with Crippen LogP contribution in [0.5, 0.6) is 0 Å². The minimum Gasteiger partial charge on any atom is -0.209 e. The molecule has 0 aliphatic heterocycles. The zero-order chi connectivity index (χ0) is 24.2. The molecule has 0 spiro atoms. The molecule has 0 rings (SSSR count). The average Bonchev–Trinajstić information content (AvgIpc) is 2.80. The van der Waals surface area contributed by atoms with Gasteiger partial charge >= 0.3 is 0 Å². The fraction of sp³-hybridized carbons (Fsp3) is 1.00. The summed E-state index contributed by atoms with van der Waals surface area (Å²) in [5.74, 6) is 0. The molecule has 0 fully saturated rings. The lowest BCUT2D eigenvalue weighted by atomic mass is 10.1. The molecule has 33 heavy (non-hydrogen) atoms. The quantitative estimate of drug-likeness (QED) is 0.0838. The largest absolute Gasteiger partial charge is 0.209 e. The Bertz CT molecular complexity index is 318. The summed E-state index contributed by atoms with van der Waals surface area (Å²) >= 11 is 0. The lowest BCUT2D eigenvalue weighted by Crippen LogP contribution is -2.31. The van der Waals surface area contributed by atoms with Crippen molar-refractivity contribution >= 4 is 0 Å². The molecule has 0 N–H and O–H groups in total. The molecule has 0 aromatic carbocycles. The van der Waals surface area contributed by atoms with Gasteiger partial charge in [-0.1, -0.05) is 155 Å². The minimum absolute atomic E-state index is 1.04. The first-order valence-electron chi connectivity index (χ1n) is 15.3. The van der Waals surface area contributed by atoms with E-state index in [-0.39, 0.29) is 0 Å². The summed E-state index contributed by atoms with van der Waals surface area (Å²) < 4.78 is 0. The number of unbranched alkanes of at least 4 members (excludes halogenated alkanes) is 22. The van der Waals surface area contributed by atoms with Crippen molar-refractivity contribution in [3.05, 3.63) is 0 Å². The van der Waals surface area contributed by atoms with Crippen LogP contribution in [0, 0.1) is 0 Å². The molecule has 0 amide bonds. The van der Waals surface area contributed by atoms with E-state index in [9.17, 15) is 0 Å². The molecule has 0 aliphatic carbocycles. The van der Waals surface area contributed by atoms with Gasteiger partial charge in [0.15, 0.2) is 0 Å². The Morgan fingerprint density at radius 2 is 0.545 bits per heavy atom. The molecule has 0 saturated heterocycles. The van der Waals surface area contributed by atoms with Crippen LogP contribution in [0.25, 0.3) is 0 Å². The van der Waals surface area contributed by atoms with E-state index in [0.717, 1.165) is 13.1 Å². The van der Waals surface area contributed by atoms with E-state index >= 15 is 0 Å². The fourth-order valence-corrected chi connectivity index (χ4v) is 4.67. The highest BCUT2D eigenvalue weighted by Gasteiger charge is 2.04. The van der Waals surface area contributed by atoms with Crippen LogP contribution in [-0.2, 0) is 4.94 Å². The zero-order valence-corrected chi connectivity index (χ0v) is 23.7. The highest BCUT2D eigenvalue weighted by atomic mass is 16.8. The van der Waals surface area contributed by atoms with Gasteiger partial charge in [0.05, 0.1) is 0 Å². The Hall–Kier alpha value is -0.120. The Morgan fingerprint density at radius 3 is 0.788 bits per heavy atom. The van der Waals surface area contributed by atoms with E-state index in [1.54, 1.807) is 0 Å². The van der Waals surface area contributed by atoms with Crippen molar-refractivity contribution in [3.8, 4) is 0 Å². The smallest absolute Gasteiger partial charge is 0.0256 e. The highest BCUT2D eigenvalue weighted by Crippen LogP contribution is 2.13. The van der Waals surface area contributed by atoms with Gasteiger partial charge in [-0.25, -0.2) is 4.94 Å². The molecule has 3 heteroatoms. The van der Waals surface area contributed by atoms with Crippen LogP contribution in [0.15, 0.2) is 0 Å². The monoisotopic (exact) mass is 469 g/mol. The van der Waals surface area contributed by atoms with Crippen molar-refractivity contribution in [3.63, 3.8) is 0 Å². The Kier molecular flexibility index (Phi) is 28.0. The molecule has 0 aromatic rings. The van der Waals surface area contributed by atoms with Gasteiger partial charge in [-0.2, -0.15) is 10.1 Å². The molecule has 0 radical (unpaired) electrons. The van der Waals surface area contributed by atoms with Gasteiger partial charge in [0.25, 0.3) is 0 Å². The number of hydrogen-bond acceptors (Lipinski definition) is 3. The number of rotatable bonds is 28. The molecular formula is C30H64N2O. The maximum absolute atomic E-state index is 5.92. The third-order valence-electron chi connectivity index (χ3n) is 6.93. The van der Waals surface area contributed by atoms with Crippen LogP contribution in [0.1, 0.15) is 168 Å². The molecule has 0 aliphatic rings. The van der Waals surface area contributed by atoms with Gasteiger partial charge in [0.2, 0.25) is 0 Å². The molecule has 0 saturated carbocycles. The molecule has 0 heterocycles. The summed E-state index contributed by atoms with van der Waals surface area (Å²) in [5, 5.41) is 4.05. The molecular weight excluding hydrogens is 404 g/mol. The van der Waals surface area contributed by atoms with Crippen molar-refractivity contribution in [2.24, 2.45) is 0 Å². The van der Waals surface area contributed by atoms with Crippen molar-refractivity contribution < 1.29 is 4.94 Å². The molecule has 0 aromatic heterocycles. The van der Waals surface area contributed by atoms with Gasteiger partial charge in [0.1, 0.15) is 0 Å². The number of hydroxylamine groups is 4. The van der Waals surface area contributed by atoms with Crippen LogP contribution in [0.4, 0.5) is 0 Å². The summed E-state index contributed by atoms with van der Waals surface area (Å²) in [4.78, 5) is 5.92. The first-order chi connectivity index (χ1) is 16.2. The Labute approximate surface area is 210 Å². The van der Waals surface area contributed by atoms with Gasteiger partial charge < -0.3 is 0 Å². The average molecular weight is 469 g/mol. The van der Waals surface area contributed by atoms with Gasteiger partial charge in [0, 0.05) is 27.2 Å². The van der Waals surface area contributed by atoms with Crippen molar-refractivity contribution in [2.45, 2.75) is 168 Å². The van der Waals surface area contributed by atoms with Crippen molar-refractivity contribution in [1.82, 2.24) is 10.1 Å². The van der Waals surface area contributed by atoms with Crippen LogP contribution in [0.2, 0.25) is 0 Å². The summed E-state index contributed by atoms with van der Waals surface area (Å²) in [6.07, 6.45) is 33.7. The molecule has 0 bridgehead atoms.